The lowest BCUT2D eigenvalue weighted by Gasteiger charge is -2.50. The molecule has 2 fully saturated rings. The Morgan fingerprint density at radius 3 is 2.44 bits per heavy atom. The van der Waals surface area contributed by atoms with Gasteiger partial charge in [0.15, 0.2) is 0 Å². The lowest BCUT2D eigenvalue weighted by atomic mass is 9.91. The molecule has 0 bridgehead atoms. The molecule has 2 aliphatic heterocycles. The van der Waals surface area contributed by atoms with Crippen LogP contribution in [0.25, 0.3) is 0 Å². The summed E-state index contributed by atoms with van der Waals surface area (Å²) in [5.74, 6) is 0.629. The molecule has 1 aromatic rings. The molecule has 2 saturated heterocycles. The lowest BCUT2D eigenvalue weighted by molar-refractivity contribution is -0.00222. The van der Waals surface area contributed by atoms with Crippen LogP contribution < -0.4 is 5.73 Å². The van der Waals surface area contributed by atoms with Crippen LogP contribution >= 0.6 is 0 Å². The zero-order valence-electron chi connectivity index (χ0n) is 11.4. The highest BCUT2D eigenvalue weighted by atomic mass is 15.3. The van der Waals surface area contributed by atoms with Crippen molar-refractivity contribution < 1.29 is 0 Å². The number of nitrogen functional groups attached to an aromatic ring is 1. The largest absolute Gasteiger partial charge is 0.384 e. The Morgan fingerprint density at radius 2 is 2.00 bits per heavy atom. The van der Waals surface area contributed by atoms with Crippen LogP contribution in [-0.4, -0.2) is 29.0 Å². The molecule has 0 saturated carbocycles. The molecule has 3 nitrogen and oxygen atoms in total. The fraction of sp³-hybridized carbons (Fsp3) is 0.667. The maximum absolute atomic E-state index is 5.55. The average molecular weight is 247 g/mol. The van der Waals surface area contributed by atoms with E-state index in [4.69, 9.17) is 5.73 Å². The van der Waals surface area contributed by atoms with Crippen molar-refractivity contribution in [2.24, 2.45) is 0 Å². The lowest BCUT2D eigenvalue weighted by Crippen LogP contribution is -2.57. The first-order valence-electron chi connectivity index (χ1n) is 7.25. The Bertz CT molecular complexity index is 347. The molecule has 0 unspecified atom stereocenters. The number of hydrogen-bond acceptors (Lipinski definition) is 3. The number of anilines is 1. The number of piperidine rings is 1. The van der Waals surface area contributed by atoms with E-state index in [9.17, 15) is 0 Å². The van der Waals surface area contributed by atoms with Gasteiger partial charge >= 0.3 is 0 Å². The fourth-order valence-corrected chi connectivity index (χ4v) is 2.44. The van der Waals surface area contributed by atoms with Gasteiger partial charge in [0, 0.05) is 11.7 Å². The van der Waals surface area contributed by atoms with E-state index in [1.807, 2.05) is 18.2 Å². The Kier molecular flexibility index (Phi) is 5.00. The van der Waals surface area contributed by atoms with E-state index in [2.05, 4.69) is 16.8 Å². The molecule has 0 spiro atoms. The monoisotopic (exact) mass is 247 g/mol. The van der Waals surface area contributed by atoms with Crippen molar-refractivity contribution in [3.63, 3.8) is 0 Å². The molecule has 0 atom stereocenters. The standard InChI is InChI=1S/C10H16N2.C5H9N/c1-2-3-4-6-9-7-5-8-10(11)12-9;1-3-6-4-2-5(1)6/h5,7-8H,2-4,6H2,1H3,(H2,11,12);5H,1-4H2. The summed E-state index contributed by atoms with van der Waals surface area (Å²) in [5, 5.41) is 0. The molecule has 100 valence electrons. The molecule has 0 radical (unpaired) electrons. The first kappa shape index (κ1) is 13.3. The predicted octanol–water partition coefficient (Wildman–Crippen LogP) is 2.86. The smallest absolute Gasteiger partial charge is 0.123 e. The van der Waals surface area contributed by atoms with Gasteiger partial charge in [-0.3, -0.25) is 0 Å². The minimum Gasteiger partial charge on any atom is -0.384 e. The second kappa shape index (κ2) is 6.74. The minimum atomic E-state index is 0.629. The number of hydrogen-bond donors (Lipinski definition) is 1. The van der Waals surface area contributed by atoms with Crippen molar-refractivity contribution in [2.75, 3.05) is 18.8 Å². The first-order chi connectivity index (χ1) is 8.79. The van der Waals surface area contributed by atoms with E-state index in [1.165, 1.54) is 45.2 Å². The number of aromatic nitrogens is 1. The minimum absolute atomic E-state index is 0.629. The summed E-state index contributed by atoms with van der Waals surface area (Å²) < 4.78 is 0. The molecule has 2 N–H and O–H groups in total. The van der Waals surface area contributed by atoms with Gasteiger partial charge in [-0.1, -0.05) is 25.8 Å². The summed E-state index contributed by atoms with van der Waals surface area (Å²) in [4.78, 5) is 6.75. The van der Waals surface area contributed by atoms with E-state index in [-0.39, 0.29) is 0 Å². The van der Waals surface area contributed by atoms with Crippen molar-refractivity contribution in [1.82, 2.24) is 9.88 Å². The number of fused-ring (bicyclic) bond motifs is 1. The van der Waals surface area contributed by atoms with E-state index in [1.54, 1.807) is 0 Å². The fourth-order valence-electron chi connectivity index (χ4n) is 2.44. The molecule has 3 heteroatoms. The number of nitrogens with zero attached hydrogens (tertiary/aromatic N) is 2. The molecule has 3 heterocycles. The van der Waals surface area contributed by atoms with Crippen LogP contribution in [0.1, 0.15) is 44.7 Å². The second-order valence-electron chi connectivity index (χ2n) is 5.28. The SMILES string of the molecule is C1CN2CCC12.CCCCCc1cccc(N)n1. The van der Waals surface area contributed by atoms with Crippen LogP contribution in [0.3, 0.4) is 0 Å². The zero-order chi connectivity index (χ0) is 12.8. The third kappa shape index (κ3) is 3.70. The summed E-state index contributed by atoms with van der Waals surface area (Å²) in [6, 6.07) is 6.86. The maximum atomic E-state index is 5.55. The molecule has 3 rings (SSSR count). The van der Waals surface area contributed by atoms with Gasteiger partial charge in [0.05, 0.1) is 0 Å². The Hall–Kier alpha value is -1.09. The molecular weight excluding hydrogens is 222 g/mol. The van der Waals surface area contributed by atoms with Crippen LogP contribution in [0, 0.1) is 0 Å². The molecular formula is C15H25N3. The quantitative estimate of drug-likeness (QED) is 0.832. The van der Waals surface area contributed by atoms with Gasteiger partial charge in [-0.25, -0.2) is 4.98 Å². The van der Waals surface area contributed by atoms with Crippen molar-refractivity contribution >= 4 is 5.82 Å². The van der Waals surface area contributed by atoms with Gasteiger partial charge < -0.3 is 10.6 Å². The van der Waals surface area contributed by atoms with E-state index in [0.717, 1.165) is 18.2 Å². The number of rotatable bonds is 4. The highest BCUT2D eigenvalue weighted by Crippen LogP contribution is 2.28. The van der Waals surface area contributed by atoms with Gasteiger partial charge in [-0.2, -0.15) is 0 Å². The summed E-state index contributed by atoms with van der Waals surface area (Å²) >= 11 is 0. The van der Waals surface area contributed by atoms with Gasteiger partial charge in [0.25, 0.3) is 0 Å². The number of aryl methyl sites for hydroxylation is 1. The average Bonchev–Trinajstić information content (AvgIpc) is 2.35. The summed E-state index contributed by atoms with van der Waals surface area (Å²) in [5.41, 5.74) is 6.67. The van der Waals surface area contributed by atoms with Gasteiger partial charge in [0.2, 0.25) is 0 Å². The van der Waals surface area contributed by atoms with Crippen molar-refractivity contribution in [2.45, 2.75) is 51.5 Å². The van der Waals surface area contributed by atoms with Crippen LogP contribution in [0.2, 0.25) is 0 Å². The molecule has 0 aromatic carbocycles. The Labute approximate surface area is 110 Å². The molecule has 0 amide bonds. The molecule has 18 heavy (non-hydrogen) atoms. The summed E-state index contributed by atoms with van der Waals surface area (Å²) in [7, 11) is 0. The summed E-state index contributed by atoms with van der Waals surface area (Å²) in [6.45, 7) is 4.99. The van der Waals surface area contributed by atoms with Gasteiger partial charge in [-0.05, 0) is 50.9 Å². The third-order valence-electron chi connectivity index (χ3n) is 3.88. The molecule has 2 aliphatic rings. The van der Waals surface area contributed by atoms with Crippen molar-refractivity contribution in [3.8, 4) is 0 Å². The predicted molar refractivity (Wildman–Crippen MR) is 76.5 cm³/mol. The summed E-state index contributed by atoms with van der Waals surface area (Å²) in [6.07, 6.45) is 7.77. The van der Waals surface area contributed by atoms with Gasteiger partial charge in [0.1, 0.15) is 5.82 Å². The van der Waals surface area contributed by atoms with Crippen molar-refractivity contribution in [3.05, 3.63) is 23.9 Å². The number of pyridine rings is 1. The van der Waals surface area contributed by atoms with E-state index >= 15 is 0 Å². The highest BCUT2D eigenvalue weighted by Gasteiger charge is 2.34. The zero-order valence-corrected chi connectivity index (χ0v) is 11.4. The van der Waals surface area contributed by atoms with Crippen molar-refractivity contribution in [1.29, 1.82) is 0 Å². The van der Waals surface area contributed by atoms with Gasteiger partial charge in [-0.15, -0.1) is 0 Å². The second-order valence-corrected chi connectivity index (χ2v) is 5.28. The first-order valence-corrected chi connectivity index (χ1v) is 7.25. The van der Waals surface area contributed by atoms with Crippen LogP contribution in [-0.2, 0) is 6.42 Å². The topological polar surface area (TPSA) is 42.1 Å². The normalized spacial score (nSPS) is 18.1. The van der Waals surface area contributed by atoms with E-state index < -0.39 is 0 Å². The Morgan fingerprint density at radius 1 is 1.28 bits per heavy atom. The number of unbranched alkanes of at least 4 members (excludes halogenated alkanes) is 2. The van der Waals surface area contributed by atoms with Crippen LogP contribution in [0.4, 0.5) is 5.82 Å². The Balaban J connectivity index is 0.000000164. The highest BCUT2D eigenvalue weighted by molar-refractivity contribution is 5.28. The number of nitrogens with two attached hydrogens (primary N) is 1. The van der Waals surface area contributed by atoms with Crippen LogP contribution in [0.5, 0.6) is 0 Å². The third-order valence-corrected chi connectivity index (χ3v) is 3.88. The molecule has 1 aromatic heterocycles. The molecule has 0 aliphatic carbocycles. The van der Waals surface area contributed by atoms with E-state index in [0.29, 0.717) is 5.82 Å². The maximum Gasteiger partial charge on any atom is 0.123 e. The van der Waals surface area contributed by atoms with Crippen LogP contribution in [0.15, 0.2) is 18.2 Å².